The molecule has 0 saturated heterocycles. The van der Waals surface area contributed by atoms with Gasteiger partial charge in [-0.05, 0) is 5.92 Å². The van der Waals surface area contributed by atoms with Crippen LogP contribution in [-0.4, -0.2) is 15.9 Å². The quantitative estimate of drug-likeness (QED) is 0.825. The third-order valence-electron chi connectivity index (χ3n) is 2.45. The molecule has 1 aromatic heterocycles. The minimum atomic E-state index is -0.375. The molecule has 4 nitrogen and oxygen atoms in total. The van der Waals surface area contributed by atoms with E-state index in [2.05, 4.69) is 29.1 Å². The predicted octanol–water partition coefficient (Wildman–Crippen LogP) is 2.27. The second-order valence-corrected chi connectivity index (χ2v) is 5.42. The Kier molecular flexibility index (Phi) is 3.73. The molecule has 0 aliphatic heterocycles. The van der Waals surface area contributed by atoms with Gasteiger partial charge in [-0.15, -0.1) is 0 Å². The van der Waals surface area contributed by atoms with Crippen LogP contribution in [0, 0.1) is 11.3 Å². The number of H-pyrrole nitrogens is 1. The molecule has 0 fully saturated rings. The molecular weight excluding hydrogens is 202 g/mol. The van der Waals surface area contributed by atoms with Gasteiger partial charge in [-0.3, -0.25) is 4.79 Å². The number of aromatic amines is 1. The molecule has 1 aromatic rings. The molecule has 0 aliphatic rings. The molecule has 90 valence electrons. The average Bonchev–Trinajstić information content (AvgIpc) is 2.63. The lowest BCUT2D eigenvalue weighted by Crippen LogP contribution is -2.39. The summed E-state index contributed by atoms with van der Waals surface area (Å²) in [4.78, 5) is 19.2. The Hall–Kier alpha value is -1.32. The van der Waals surface area contributed by atoms with Crippen LogP contribution in [0.1, 0.15) is 46.5 Å². The Morgan fingerprint density at radius 2 is 2.06 bits per heavy atom. The van der Waals surface area contributed by atoms with E-state index >= 15 is 0 Å². The SMILES string of the molecule is CC(C)[C@H](NC(=O)C(C)(C)C)c1ncc[nH]1. The number of imidazole rings is 1. The van der Waals surface area contributed by atoms with Crippen molar-refractivity contribution in [3.63, 3.8) is 0 Å². The summed E-state index contributed by atoms with van der Waals surface area (Å²) in [5.41, 5.74) is -0.375. The van der Waals surface area contributed by atoms with Gasteiger partial charge in [0.25, 0.3) is 0 Å². The topological polar surface area (TPSA) is 57.8 Å². The number of amides is 1. The summed E-state index contributed by atoms with van der Waals surface area (Å²) in [6.07, 6.45) is 3.47. The predicted molar refractivity (Wildman–Crippen MR) is 63.8 cm³/mol. The third kappa shape index (κ3) is 3.08. The van der Waals surface area contributed by atoms with Crippen molar-refractivity contribution in [3.8, 4) is 0 Å². The second kappa shape index (κ2) is 4.68. The molecule has 16 heavy (non-hydrogen) atoms. The molecule has 1 rings (SSSR count). The Labute approximate surface area is 96.9 Å². The van der Waals surface area contributed by atoms with E-state index in [-0.39, 0.29) is 17.4 Å². The van der Waals surface area contributed by atoms with Crippen molar-refractivity contribution in [3.05, 3.63) is 18.2 Å². The lowest BCUT2D eigenvalue weighted by atomic mass is 9.94. The van der Waals surface area contributed by atoms with Crippen LogP contribution in [-0.2, 0) is 4.79 Å². The molecule has 0 spiro atoms. The number of nitrogens with one attached hydrogen (secondary N) is 2. The summed E-state index contributed by atoms with van der Waals surface area (Å²) >= 11 is 0. The normalized spacial score (nSPS) is 13.9. The van der Waals surface area contributed by atoms with E-state index in [0.717, 1.165) is 5.82 Å². The molecule has 0 unspecified atom stereocenters. The highest BCUT2D eigenvalue weighted by Crippen LogP contribution is 2.21. The first-order valence-electron chi connectivity index (χ1n) is 5.62. The summed E-state index contributed by atoms with van der Waals surface area (Å²) in [5.74, 6) is 1.16. The zero-order valence-electron chi connectivity index (χ0n) is 10.7. The maximum Gasteiger partial charge on any atom is 0.225 e. The van der Waals surface area contributed by atoms with Gasteiger partial charge in [0.05, 0.1) is 6.04 Å². The molecule has 0 saturated carbocycles. The van der Waals surface area contributed by atoms with Crippen molar-refractivity contribution in [2.75, 3.05) is 0 Å². The highest BCUT2D eigenvalue weighted by atomic mass is 16.2. The van der Waals surface area contributed by atoms with Crippen LogP contribution in [0.5, 0.6) is 0 Å². The van der Waals surface area contributed by atoms with Crippen molar-refractivity contribution in [1.82, 2.24) is 15.3 Å². The number of carbonyl (C=O) groups is 1. The Balaban J connectivity index is 2.78. The summed E-state index contributed by atoms with van der Waals surface area (Å²) < 4.78 is 0. The van der Waals surface area contributed by atoms with Crippen LogP contribution >= 0.6 is 0 Å². The second-order valence-electron chi connectivity index (χ2n) is 5.42. The molecule has 0 aromatic carbocycles. The fraction of sp³-hybridized carbons (Fsp3) is 0.667. The van der Waals surface area contributed by atoms with Crippen molar-refractivity contribution in [2.24, 2.45) is 11.3 Å². The number of hydrogen-bond donors (Lipinski definition) is 2. The van der Waals surface area contributed by atoms with Gasteiger partial charge in [-0.25, -0.2) is 4.98 Å². The van der Waals surface area contributed by atoms with Crippen LogP contribution in [0.15, 0.2) is 12.4 Å². The fourth-order valence-electron chi connectivity index (χ4n) is 1.36. The zero-order valence-corrected chi connectivity index (χ0v) is 10.7. The minimum Gasteiger partial charge on any atom is -0.347 e. The summed E-state index contributed by atoms with van der Waals surface area (Å²) in [6.45, 7) is 9.85. The summed E-state index contributed by atoms with van der Waals surface area (Å²) in [7, 11) is 0. The van der Waals surface area contributed by atoms with E-state index in [1.54, 1.807) is 12.4 Å². The molecule has 1 atom stereocenters. The Bertz CT molecular complexity index is 336. The first kappa shape index (κ1) is 12.7. The molecule has 0 aliphatic carbocycles. The maximum absolute atomic E-state index is 11.9. The van der Waals surface area contributed by atoms with Gasteiger partial charge in [0, 0.05) is 17.8 Å². The van der Waals surface area contributed by atoms with Crippen LogP contribution in [0.3, 0.4) is 0 Å². The van der Waals surface area contributed by atoms with E-state index in [1.165, 1.54) is 0 Å². The Morgan fingerprint density at radius 3 is 2.44 bits per heavy atom. The van der Waals surface area contributed by atoms with Gasteiger partial charge < -0.3 is 10.3 Å². The van der Waals surface area contributed by atoms with E-state index in [1.807, 2.05) is 20.8 Å². The third-order valence-corrected chi connectivity index (χ3v) is 2.45. The standard InChI is InChI=1S/C12H21N3O/c1-8(2)9(10-13-6-7-14-10)15-11(16)12(3,4)5/h6-9H,1-5H3,(H,13,14)(H,15,16)/t9-/m0/s1. The van der Waals surface area contributed by atoms with Crippen LogP contribution in [0.2, 0.25) is 0 Å². The van der Waals surface area contributed by atoms with Gasteiger partial charge >= 0.3 is 0 Å². The zero-order chi connectivity index (χ0) is 12.3. The maximum atomic E-state index is 11.9. The lowest BCUT2D eigenvalue weighted by Gasteiger charge is -2.25. The van der Waals surface area contributed by atoms with Crippen LogP contribution in [0.4, 0.5) is 0 Å². The lowest BCUT2D eigenvalue weighted by molar-refractivity contribution is -0.129. The number of hydrogen-bond acceptors (Lipinski definition) is 2. The van der Waals surface area contributed by atoms with Gasteiger partial charge in [-0.1, -0.05) is 34.6 Å². The van der Waals surface area contributed by atoms with Gasteiger partial charge in [0.1, 0.15) is 5.82 Å². The monoisotopic (exact) mass is 223 g/mol. The molecule has 1 amide bonds. The highest BCUT2D eigenvalue weighted by Gasteiger charge is 2.27. The number of nitrogens with zero attached hydrogens (tertiary/aromatic N) is 1. The fourth-order valence-corrected chi connectivity index (χ4v) is 1.36. The summed E-state index contributed by atoms with van der Waals surface area (Å²) in [6, 6.07) is -0.0540. The van der Waals surface area contributed by atoms with E-state index in [0.29, 0.717) is 5.92 Å². The number of carbonyl (C=O) groups excluding carboxylic acids is 1. The molecule has 4 heteroatoms. The van der Waals surface area contributed by atoms with E-state index in [4.69, 9.17) is 0 Å². The van der Waals surface area contributed by atoms with Crippen molar-refractivity contribution < 1.29 is 4.79 Å². The van der Waals surface area contributed by atoms with Crippen molar-refractivity contribution in [2.45, 2.75) is 40.7 Å². The van der Waals surface area contributed by atoms with Gasteiger partial charge in [0.15, 0.2) is 0 Å². The smallest absolute Gasteiger partial charge is 0.225 e. The van der Waals surface area contributed by atoms with Gasteiger partial charge in [0.2, 0.25) is 5.91 Å². The van der Waals surface area contributed by atoms with Crippen LogP contribution in [0.25, 0.3) is 0 Å². The molecule has 2 N–H and O–H groups in total. The van der Waals surface area contributed by atoms with Crippen LogP contribution < -0.4 is 5.32 Å². The minimum absolute atomic E-state index is 0.0441. The molecule has 0 bridgehead atoms. The Morgan fingerprint density at radius 1 is 1.44 bits per heavy atom. The van der Waals surface area contributed by atoms with Crippen molar-refractivity contribution >= 4 is 5.91 Å². The number of aromatic nitrogens is 2. The van der Waals surface area contributed by atoms with E-state index in [9.17, 15) is 4.79 Å². The van der Waals surface area contributed by atoms with E-state index < -0.39 is 0 Å². The largest absolute Gasteiger partial charge is 0.347 e. The first-order valence-corrected chi connectivity index (χ1v) is 5.62. The molecule has 1 heterocycles. The molecule has 0 radical (unpaired) electrons. The van der Waals surface area contributed by atoms with Gasteiger partial charge in [-0.2, -0.15) is 0 Å². The number of rotatable bonds is 3. The molecular formula is C12H21N3O. The van der Waals surface area contributed by atoms with Crippen molar-refractivity contribution in [1.29, 1.82) is 0 Å². The summed E-state index contributed by atoms with van der Waals surface area (Å²) in [5, 5.41) is 3.03. The highest BCUT2D eigenvalue weighted by molar-refractivity contribution is 5.81. The average molecular weight is 223 g/mol. The first-order chi connectivity index (χ1) is 7.32.